The molecule has 2 aliphatic rings. The third-order valence-electron chi connectivity index (χ3n) is 4.65. The molecule has 1 fully saturated rings. The second kappa shape index (κ2) is 6.50. The molecule has 5 nitrogen and oxygen atoms in total. The molecule has 1 aliphatic carbocycles. The van der Waals surface area contributed by atoms with Crippen molar-refractivity contribution in [1.82, 2.24) is 10.2 Å². The van der Waals surface area contributed by atoms with Gasteiger partial charge in [-0.1, -0.05) is 25.5 Å². The van der Waals surface area contributed by atoms with Crippen LogP contribution >= 0.6 is 0 Å². The summed E-state index contributed by atoms with van der Waals surface area (Å²) >= 11 is 0. The van der Waals surface area contributed by atoms with E-state index in [2.05, 4.69) is 25.2 Å². The van der Waals surface area contributed by atoms with Gasteiger partial charge in [-0.2, -0.15) is 0 Å². The molecule has 1 atom stereocenters. The molecule has 2 rings (SSSR count). The van der Waals surface area contributed by atoms with Crippen LogP contribution in [0.4, 0.5) is 4.79 Å². The highest BCUT2D eigenvalue weighted by Gasteiger charge is 2.30. The number of carbonyl (C=O) groups is 2. The summed E-state index contributed by atoms with van der Waals surface area (Å²) in [6, 6.07) is -0.132. The Morgan fingerprint density at radius 3 is 2.81 bits per heavy atom. The van der Waals surface area contributed by atoms with Gasteiger partial charge in [0.05, 0.1) is 5.92 Å². The predicted molar refractivity (Wildman–Crippen MR) is 81.0 cm³/mol. The molecule has 0 spiro atoms. The molecule has 1 unspecified atom stereocenters. The summed E-state index contributed by atoms with van der Waals surface area (Å²) in [7, 11) is 0. The lowest BCUT2D eigenvalue weighted by atomic mass is 9.83. The van der Waals surface area contributed by atoms with Crippen LogP contribution in [0.5, 0.6) is 0 Å². The number of hydrogen-bond acceptors (Lipinski definition) is 2. The van der Waals surface area contributed by atoms with Crippen LogP contribution in [0.25, 0.3) is 0 Å². The minimum Gasteiger partial charge on any atom is -0.481 e. The molecule has 1 saturated heterocycles. The number of rotatable bonds is 4. The Balaban J connectivity index is 1.85. The average molecular weight is 294 g/mol. The predicted octanol–water partition coefficient (Wildman–Crippen LogP) is 2.63. The van der Waals surface area contributed by atoms with Gasteiger partial charge in [-0.15, -0.1) is 0 Å². The first-order valence-corrected chi connectivity index (χ1v) is 7.85. The molecule has 5 heteroatoms. The third kappa shape index (κ3) is 3.99. The van der Waals surface area contributed by atoms with E-state index < -0.39 is 11.9 Å². The molecule has 118 valence electrons. The quantitative estimate of drug-likeness (QED) is 0.783. The maximum atomic E-state index is 12.2. The average Bonchev–Trinajstić information content (AvgIpc) is 3.00. The van der Waals surface area contributed by atoms with E-state index in [1.54, 1.807) is 4.90 Å². The molecule has 2 N–H and O–H groups in total. The maximum Gasteiger partial charge on any atom is 0.317 e. The molecule has 0 aromatic rings. The topological polar surface area (TPSA) is 69.6 Å². The van der Waals surface area contributed by atoms with Crippen LogP contribution in [-0.4, -0.2) is 41.6 Å². The number of urea groups is 1. The van der Waals surface area contributed by atoms with Crippen molar-refractivity contribution in [1.29, 1.82) is 0 Å². The largest absolute Gasteiger partial charge is 0.481 e. The normalized spacial score (nSPS) is 22.9. The molecular weight excluding hydrogens is 268 g/mol. The number of allylic oxidation sites excluding steroid dienone is 1. The van der Waals surface area contributed by atoms with Gasteiger partial charge in [0.2, 0.25) is 0 Å². The van der Waals surface area contributed by atoms with Gasteiger partial charge in [0, 0.05) is 25.0 Å². The zero-order valence-electron chi connectivity index (χ0n) is 13.0. The van der Waals surface area contributed by atoms with Crippen molar-refractivity contribution >= 4 is 12.0 Å². The molecule has 1 aliphatic heterocycles. The summed E-state index contributed by atoms with van der Waals surface area (Å²) in [5, 5.41) is 12.1. The highest BCUT2D eigenvalue weighted by molar-refractivity contribution is 5.76. The molecule has 0 bridgehead atoms. The number of carboxylic acids is 1. The summed E-state index contributed by atoms with van der Waals surface area (Å²) in [5.74, 6) is -1.22. The molecule has 0 aromatic carbocycles. The Kier molecular flexibility index (Phi) is 4.91. The van der Waals surface area contributed by atoms with Crippen LogP contribution in [0.2, 0.25) is 0 Å². The van der Waals surface area contributed by atoms with E-state index in [1.165, 1.54) is 12.0 Å². The van der Waals surface area contributed by atoms with Gasteiger partial charge in [0.25, 0.3) is 0 Å². The van der Waals surface area contributed by atoms with Crippen molar-refractivity contribution in [2.24, 2.45) is 11.3 Å². The van der Waals surface area contributed by atoms with E-state index in [9.17, 15) is 9.59 Å². The van der Waals surface area contributed by atoms with Crippen molar-refractivity contribution in [2.75, 3.05) is 19.6 Å². The van der Waals surface area contributed by atoms with Gasteiger partial charge < -0.3 is 15.3 Å². The van der Waals surface area contributed by atoms with Gasteiger partial charge >= 0.3 is 12.0 Å². The monoisotopic (exact) mass is 294 g/mol. The molecule has 2 amide bonds. The number of amides is 2. The van der Waals surface area contributed by atoms with Crippen molar-refractivity contribution in [3.63, 3.8) is 0 Å². The molecule has 0 radical (unpaired) electrons. The highest BCUT2D eigenvalue weighted by atomic mass is 16.4. The first-order valence-electron chi connectivity index (χ1n) is 7.85. The third-order valence-corrected chi connectivity index (χ3v) is 4.65. The molecular formula is C16H26N2O3. The van der Waals surface area contributed by atoms with E-state index in [1.807, 2.05) is 0 Å². The lowest BCUT2D eigenvalue weighted by molar-refractivity contribution is -0.143. The van der Waals surface area contributed by atoms with Crippen molar-refractivity contribution in [3.8, 4) is 0 Å². The van der Waals surface area contributed by atoms with Crippen LogP contribution in [0.3, 0.4) is 0 Å². The van der Waals surface area contributed by atoms with Crippen LogP contribution in [-0.2, 0) is 4.79 Å². The number of hydrogen-bond donors (Lipinski definition) is 2. The van der Waals surface area contributed by atoms with Gasteiger partial charge in [-0.25, -0.2) is 4.79 Å². The molecule has 0 saturated carbocycles. The number of carbonyl (C=O) groups excluding carboxylic acids is 1. The van der Waals surface area contributed by atoms with E-state index in [-0.39, 0.29) is 11.4 Å². The highest BCUT2D eigenvalue weighted by Crippen LogP contribution is 2.34. The van der Waals surface area contributed by atoms with Gasteiger partial charge in [-0.05, 0) is 32.1 Å². The summed E-state index contributed by atoms with van der Waals surface area (Å²) in [4.78, 5) is 24.9. The Bertz CT molecular complexity index is 443. The minimum absolute atomic E-state index is 0.0197. The first-order chi connectivity index (χ1) is 9.90. The van der Waals surface area contributed by atoms with Crippen molar-refractivity contribution in [2.45, 2.75) is 46.0 Å². The Morgan fingerprint density at radius 2 is 2.19 bits per heavy atom. The Morgan fingerprint density at radius 1 is 1.43 bits per heavy atom. The lowest BCUT2D eigenvalue weighted by Crippen LogP contribution is -2.49. The SMILES string of the molecule is CC(C)(CNC(=O)N1CCCC(C(=O)O)C1)C1=CCCC1. The van der Waals surface area contributed by atoms with E-state index in [0.29, 0.717) is 26.1 Å². The van der Waals surface area contributed by atoms with Crippen LogP contribution < -0.4 is 5.32 Å². The summed E-state index contributed by atoms with van der Waals surface area (Å²) in [5.41, 5.74) is 1.40. The first kappa shape index (κ1) is 15.9. The molecule has 0 aromatic heterocycles. The van der Waals surface area contributed by atoms with E-state index in [4.69, 9.17) is 5.11 Å². The number of nitrogens with one attached hydrogen (secondary N) is 1. The van der Waals surface area contributed by atoms with Crippen LogP contribution in [0, 0.1) is 11.3 Å². The van der Waals surface area contributed by atoms with Gasteiger partial charge in [-0.3, -0.25) is 4.79 Å². The zero-order chi connectivity index (χ0) is 15.5. The number of likely N-dealkylation sites (tertiary alicyclic amines) is 1. The van der Waals surface area contributed by atoms with Crippen LogP contribution in [0.1, 0.15) is 46.0 Å². The van der Waals surface area contributed by atoms with E-state index >= 15 is 0 Å². The van der Waals surface area contributed by atoms with Crippen molar-refractivity contribution < 1.29 is 14.7 Å². The van der Waals surface area contributed by atoms with Crippen molar-refractivity contribution in [3.05, 3.63) is 11.6 Å². The fourth-order valence-corrected chi connectivity index (χ4v) is 3.17. The smallest absolute Gasteiger partial charge is 0.317 e. The summed E-state index contributed by atoms with van der Waals surface area (Å²) in [6.45, 7) is 5.89. The molecule has 1 heterocycles. The second-order valence-corrected chi connectivity index (χ2v) is 6.79. The number of aliphatic carboxylic acids is 1. The lowest BCUT2D eigenvalue weighted by Gasteiger charge is -2.33. The van der Waals surface area contributed by atoms with E-state index in [0.717, 1.165) is 19.3 Å². The zero-order valence-corrected chi connectivity index (χ0v) is 13.0. The molecule has 21 heavy (non-hydrogen) atoms. The Labute approximate surface area is 126 Å². The summed E-state index contributed by atoms with van der Waals surface area (Å²) < 4.78 is 0. The number of piperidine rings is 1. The number of carboxylic acid groups (broad SMARTS) is 1. The van der Waals surface area contributed by atoms with Gasteiger partial charge in [0.15, 0.2) is 0 Å². The summed E-state index contributed by atoms with van der Waals surface area (Å²) in [6.07, 6.45) is 7.18. The standard InChI is InChI=1S/C16H26N2O3/c1-16(2,13-7-3-4-8-13)11-17-15(21)18-9-5-6-12(10-18)14(19)20/h7,12H,3-6,8-11H2,1-2H3,(H,17,21)(H,19,20). The van der Waals surface area contributed by atoms with Crippen LogP contribution in [0.15, 0.2) is 11.6 Å². The fraction of sp³-hybridized carbons (Fsp3) is 0.750. The Hall–Kier alpha value is -1.52. The second-order valence-electron chi connectivity index (χ2n) is 6.79. The van der Waals surface area contributed by atoms with Gasteiger partial charge in [0.1, 0.15) is 0 Å². The maximum absolute atomic E-state index is 12.2. The minimum atomic E-state index is -0.802. The number of nitrogens with zero attached hydrogens (tertiary/aromatic N) is 1. The fourth-order valence-electron chi connectivity index (χ4n) is 3.17.